The van der Waals surface area contributed by atoms with Gasteiger partial charge in [-0.2, -0.15) is 5.10 Å². The van der Waals surface area contributed by atoms with Crippen LogP contribution in [0.4, 0.5) is 10.6 Å². The quantitative estimate of drug-likeness (QED) is 0.670. The molecule has 4 rings (SSSR count). The number of nitrogens with one attached hydrogen (secondary N) is 3. The largest absolute Gasteiger partial charge is 0.325 e. The first kappa shape index (κ1) is 18.7. The second kappa shape index (κ2) is 7.38. The van der Waals surface area contributed by atoms with E-state index < -0.39 is 17.5 Å². The van der Waals surface area contributed by atoms with Crippen molar-refractivity contribution in [3.05, 3.63) is 23.6 Å². The van der Waals surface area contributed by atoms with Crippen molar-refractivity contribution in [2.24, 2.45) is 5.92 Å². The highest BCUT2D eigenvalue weighted by Crippen LogP contribution is 2.37. The summed E-state index contributed by atoms with van der Waals surface area (Å²) in [6, 6.07) is 5.12. The molecule has 28 heavy (non-hydrogen) atoms. The number of rotatable bonds is 5. The average molecular weight is 401 g/mol. The molecule has 9 heteroatoms. The second-order valence-electron chi connectivity index (χ2n) is 7.45. The zero-order chi connectivity index (χ0) is 19.7. The third-order valence-corrected chi connectivity index (χ3v) is 6.62. The fraction of sp³-hybridized carbons (Fsp3) is 0.474. The van der Waals surface area contributed by atoms with E-state index in [0.29, 0.717) is 24.6 Å². The van der Waals surface area contributed by atoms with E-state index in [4.69, 9.17) is 0 Å². The first-order valence-electron chi connectivity index (χ1n) is 9.54. The van der Waals surface area contributed by atoms with Crippen molar-refractivity contribution in [3.8, 4) is 10.6 Å². The smallest absolute Gasteiger partial charge is 0.323 e. The molecule has 2 aliphatic rings. The number of carbonyl (C=O) groups is 3. The molecule has 0 radical (unpaired) electrons. The van der Waals surface area contributed by atoms with Gasteiger partial charge in [0.25, 0.3) is 5.91 Å². The van der Waals surface area contributed by atoms with E-state index in [9.17, 15) is 14.4 Å². The molecule has 1 aliphatic heterocycles. The molecule has 148 valence electrons. The Morgan fingerprint density at radius 3 is 2.86 bits per heavy atom. The number of amides is 4. The molecule has 2 fully saturated rings. The standard InChI is InChI=1S/C19H23N5O3S/c1-2-12-5-7-19(8-6-12)17(26)24(18(27)21-19)11-16(25)20-15-10-13(22-23-15)14-4-3-9-28-14/h3-4,9-10,12H,2,5-8,11H2,1H3,(H,21,27)(H2,20,22,23,25). The van der Waals surface area contributed by atoms with E-state index in [1.165, 1.54) is 0 Å². The Morgan fingerprint density at radius 2 is 2.18 bits per heavy atom. The number of imide groups is 1. The van der Waals surface area contributed by atoms with Crippen LogP contribution in [0.15, 0.2) is 23.6 Å². The SMILES string of the molecule is CCC1CCC2(CC1)NC(=O)N(CC(=O)Nc1cc(-c3cccs3)[nH]n1)C2=O. The highest BCUT2D eigenvalue weighted by molar-refractivity contribution is 7.13. The van der Waals surface area contributed by atoms with Crippen LogP contribution >= 0.6 is 11.3 Å². The Hall–Kier alpha value is -2.68. The average Bonchev–Trinajstić information content (AvgIpc) is 3.41. The minimum atomic E-state index is -0.832. The number of H-pyrrole nitrogens is 1. The molecule has 8 nitrogen and oxygen atoms in total. The van der Waals surface area contributed by atoms with Gasteiger partial charge in [-0.1, -0.05) is 19.4 Å². The lowest BCUT2D eigenvalue weighted by atomic mass is 9.75. The van der Waals surface area contributed by atoms with Crippen molar-refractivity contribution in [1.29, 1.82) is 0 Å². The summed E-state index contributed by atoms with van der Waals surface area (Å²) in [5.41, 5.74) is -0.0336. The number of aromatic nitrogens is 2. The molecular weight excluding hydrogens is 378 g/mol. The maximum absolute atomic E-state index is 12.9. The molecule has 1 saturated heterocycles. The van der Waals surface area contributed by atoms with Gasteiger partial charge in [0.1, 0.15) is 12.1 Å². The number of thiophene rings is 1. The van der Waals surface area contributed by atoms with Gasteiger partial charge >= 0.3 is 6.03 Å². The van der Waals surface area contributed by atoms with Crippen LogP contribution in [0.3, 0.4) is 0 Å². The van der Waals surface area contributed by atoms with Crippen molar-refractivity contribution < 1.29 is 14.4 Å². The predicted molar refractivity (Wildman–Crippen MR) is 106 cm³/mol. The van der Waals surface area contributed by atoms with Crippen molar-refractivity contribution in [2.75, 3.05) is 11.9 Å². The van der Waals surface area contributed by atoms with E-state index in [0.717, 1.165) is 34.7 Å². The van der Waals surface area contributed by atoms with Crippen molar-refractivity contribution in [1.82, 2.24) is 20.4 Å². The van der Waals surface area contributed by atoms with E-state index in [1.807, 2.05) is 17.5 Å². The summed E-state index contributed by atoms with van der Waals surface area (Å²) in [7, 11) is 0. The van der Waals surface area contributed by atoms with Gasteiger partial charge in [0.05, 0.1) is 10.6 Å². The fourth-order valence-corrected chi connectivity index (χ4v) is 4.70. The lowest BCUT2D eigenvalue weighted by Gasteiger charge is -2.34. The second-order valence-corrected chi connectivity index (χ2v) is 8.40. The Morgan fingerprint density at radius 1 is 1.39 bits per heavy atom. The van der Waals surface area contributed by atoms with E-state index in [-0.39, 0.29) is 12.5 Å². The molecular formula is C19H23N5O3S. The summed E-state index contributed by atoms with van der Waals surface area (Å²) >= 11 is 1.56. The highest BCUT2D eigenvalue weighted by Gasteiger charge is 2.52. The Kier molecular flexibility index (Phi) is 4.92. The fourth-order valence-electron chi connectivity index (χ4n) is 4.01. The highest BCUT2D eigenvalue weighted by atomic mass is 32.1. The molecule has 3 N–H and O–H groups in total. The van der Waals surface area contributed by atoms with Crippen LogP contribution in [-0.4, -0.2) is 45.0 Å². The lowest BCUT2D eigenvalue weighted by Crippen LogP contribution is -2.49. The Balaban J connectivity index is 1.38. The Labute approximate surface area is 166 Å². The van der Waals surface area contributed by atoms with Gasteiger partial charge < -0.3 is 10.6 Å². The van der Waals surface area contributed by atoms with E-state index >= 15 is 0 Å². The zero-order valence-electron chi connectivity index (χ0n) is 15.7. The normalized spacial score (nSPS) is 24.6. The van der Waals surface area contributed by atoms with Crippen molar-refractivity contribution in [2.45, 2.75) is 44.6 Å². The van der Waals surface area contributed by atoms with Crippen molar-refractivity contribution in [3.63, 3.8) is 0 Å². The minimum absolute atomic E-state index is 0.288. The van der Waals surface area contributed by atoms with Gasteiger partial charge in [-0.3, -0.25) is 19.6 Å². The minimum Gasteiger partial charge on any atom is -0.323 e. The van der Waals surface area contributed by atoms with Crippen LogP contribution in [0.2, 0.25) is 0 Å². The zero-order valence-corrected chi connectivity index (χ0v) is 16.5. The van der Waals surface area contributed by atoms with Crippen LogP contribution in [0.5, 0.6) is 0 Å². The molecule has 0 aromatic carbocycles. The van der Waals surface area contributed by atoms with Crippen LogP contribution in [0, 0.1) is 5.92 Å². The first-order valence-corrected chi connectivity index (χ1v) is 10.4. The van der Waals surface area contributed by atoms with Crippen molar-refractivity contribution >= 4 is 35.0 Å². The summed E-state index contributed by atoms with van der Waals surface area (Å²) < 4.78 is 0. The van der Waals surface area contributed by atoms with Gasteiger partial charge in [0.2, 0.25) is 5.91 Å². The third kappa shape index (κ3) is 3.42. The number of nitrogens with zero attached hydrogens (tertiary/aromatic N) is 2. The molecule has 2 aromatic heterocycles. The Bertz CT molecular complexity index is 883. The number of carbonyl (C=O) groups excluding carboxylic acids is 3. The topological polar surface area (TPSA) is 107 Å². The van der Waals surface area contributed by atoms with Crippen LogP contribution in [0.1, 0.15) is 39.0 Å². The summed E-state index contributed by atoms with van der Waals surface area (Å²) in [4.78, 5) is 39.6. The van der Waals surface area contributed by atoms with Gasteiger partial charge in [-0.05, 0) is 43.0 Å². The van der Waals surface area contributed by atoms with Gasteiger partial charge in [-0.25, -0.2) is 4.79 Å². The number of urea groups is 1. The number of aromatic amines is 1. The molecule has 3 heterocycles. The molecule has 0 bridgehead atoms. The molecule has 1 saturated carbocycles. The lowest BCUT2D eigenvalue weighted by molar-refractivity contribution is -0.135. The van der Waals surface area contributed by atoms with Crippen LogP contribution in [-0.2, 0) is 9.59 Å². The van der Waals surface area contributed by atoms with E-state index in [1.54, 1.807) is 17.4 Å². The summed E-state index contributed by atoms with van der Waals surface area (Å²) in [6.07, 6.45) is 4.19. The van der Waals surface area contributed by atoms with Gasteiger partial charge in [0, 0.05) is 6.07 Å². The molecule has 0 atom stereocenters. The van der Waals surface area contributed by atoms with Gasteiger partial charge in [0.15, 0.2) is 5.82 Å². The maximum atomic E-state index is 12.9. The van der Waals surface area contributed by atoms with Gasteiger partial charge in [-0.15, -0.1) is 11.3 Å². The predicted octanol–water partition coefficient (Wildman–Crippen LogP) is 2.97. The van der Waals surface area contributed by atoms with Crippen LogP contribution in [0.25, 0.3) is 10.6 Å². The summed E-state index contributed by atoms with van der Waals surface area (Å²) in [5.74, 6) is 0.221. The first-order chi connectivity index (χ1) is 13.5. The third-order valence-electron chi connectivity index (χ3n) is 5.72. The molecule has 0 unspecified atom stereocenters. The molecule has 1 aliphatic carbocycles. The molecule has 2 aromatic rings. The summed E-state index contributed by atoms with van der Waals surface area (Å²) in [5, 5.41) is 14.4. The number of hydrogen-bond donors (Lipinski definition) is 3. The summed E-state index contributed by atoms with van der Waals surface area (Å²) in [6.45, 7) is 1.83. The maximum Gasteiger partial charge on any atom is 0.325 e. The monoisotopic (exact) mass is 401 g/mol. The van der Waals surface area contributed by atoms with Crippen LogP contribution < -0.4 is 10.6 Å². The molecule has 4 amide bonds. The molecule has 1 spiro atoms. The number of anilines is 1. The van der Waals surface area contributed by atoms with E-state index in [2.05, 4.69) is 27.8 Å². The number of hydrogen-bond acceptors (Lipinski definition) is 5.